The first-order valence-corrected chi connectivity index (χ1v) is 8.35. The lowest BCUT2D eigenvalue weighted by atomic mass is 10.1. The SMILES string of the molecule is CCNC(=S)N1CCN(c2ccc(-c3ccccc3)nn2)CC1. The van der Waals surface area contributed by atoms with Crippen LogP contribution in [-0.4, -0.2) is 52.9 Å². The summed E-state index contributed by atoms with van der Waals surface area (Å²) in [5.41, 5.74) is 1.99. The Morgan fingerprint density at radius 2 is 1.78 bits per heavy atom. The van der Waals surface area contributed by atoms with Gasteiger partial charge in [0.1, 0.15) is 0 Å². The van der Waals surface area contributed by atoms with Gasteiger partial charge in [-0.2, -0.15) is 0 Å². The Balaban J connectivity index is 1.62. The van der Waals surface area contributed by atoms with Gasteiger partial charge in [0.2, 0.25) is 0 Å². The summed E-state index contributed by atoms with van der Waals surface area (Å²) in [5.74, 6) is 0.929. The zero-order chi connectivity index (χ0) is 16.1. The quantitative estimate of drug-likeness (QED) is 0.872. The van der Waals surface area contributed by atoms with Gasteiger partial charge in [-0.15, -0.1) is 10.2 Å². The van der Waals surface area contributed by atoms with E-state index in [0.717, 1.165) is 54.9 Å². The minimum Gasteiger partial charge on any atom is -0.363 e. The number of hydrogen-bond donors (Lipinski definition) is 1. The zero-order valence-electron chi connectivity index (χ0n) is 13.3. The van der Waals surface area contributed by atoms with Crippen molar-refractivity contribution in [2.45, 2.75) is 6.92 Å². The predicted molar refractivity (Wildman–Crippen MR) is 97.5 cm³/mol. The van der Waals surface area contributed by atoms with Crippen LogP contribution in [0.25, 0.3) is 11.3 Å². The molecule has 2 aromatic rings. The molecule has 1 saturated heterocycles. The molecule has 1 aromatic carbocycles. The third-order valence-electron chi connectivity index (χ3n) is 3.94. The minimum atomic E-state index is 0.845. The number of piperazine rings is 1. The van der Waals surface area contributed by atoms with Gasteiger partial charge in [0.25, 0.3) is 0 Å². The van der Waals surface area contributed by atoms with Crippen molar-refractivity contribution in [2.24, 2.45) is 0 Å². The first-order valence-electron chi connectivity index (χ1n) is 7.95. The predicted octanol–water partition coefficient (Wildman–Crippen LogP) is 2.16. The molecule has 0 aliphatic carbocycles. The van der Waals surface area contributed by atoms with Crippen molar-refractivity contribution >= 4 is 23.1 Å². The van der Waals surface area contributed by atoms with Gasteiger partial charge in [0.15, 0.2) is 10.9 Å². The number of nitrogens with one attached hydrogen (secondary N) is 1. The van der Waals surface area contributed by atoms with Crippen LogP contribution in [0.2, 0.25) is 0 Å². The standard InChI is InChI=1S/C17H21N5S/c1-2-18-17(23)22-12-10-21(11-13-22)16-9-8-15(19-20-16)14-6-4-3-5-7-14/h3-9H,2,10-13H2,1H3,(H,18,23). The van der Waals surface area contributed by atoms with Gasteiger partial charge >= 0.3 is 0 Å². The second-order valence-electron chi connectivity index (χ2n) is 5.45. The number of aromatic nitrogens is 2. The van der Waals surface area contributed by atoms with Gasteiger partial charge in [-0.05, 0) is 31.3 Å². The fourth-order valence-corrected chi connectivity index (χ4v) is 2.99. The lowest BCUT2D eigenvalue weighted by Gasteiger charge is -2.36. The van der Waals surface area contributed by atoms with Crippen LogP contribution >= 0.6 is 12.2 Å². The first-order chi connectivity index (χ1) is 11.3. The fraction of sp³-hybridized carbons (Fsp3) is 0.353. The van der Waals surface area contributed by atoms with Crippen molar-refractivity contribution in [3.63, 3.8) is 0 Å². The molecule has 0 bridgehead atoms. The van der Waals surface area contributed by atoms with E-state index in [-0.39, 0.29) is 0 Å². The molecule has 23 heavy (non-hydrogen) atoms. The van der Waals surface area contributed by atoms with E-state index in [1.165, 1.54) is 0 Å². The molecule has 3 rings (SSSR count). The van der Waals surface area contributed by atoms with E-state index in [1.54, 1.807) is 0 Å². The van der Waals surface area contributed by atoms with Gasteiger partial charge in [0.05, 0.1) is 5.69 Å². The molecule has 120 valence electrons. The van der Waals surface area contributed by atoms with E-state index in [1.807, 2.05) is 42.5 Å². The number of thiocarbonyl (C=S) groups is 1. The average molecular weight is 327 g/mol. The zero-order valence-corrected chi connectivity index (χ0v) is 14.1. The van der Waals surface area contributed by atoms with E-state index >= 15 is 0 Å². The van der Waals surface area contributed by atoms with Crippen molar-refractivity contribution in [3.8, 4) is 11.3 Å². The van der Waals surface area contributed by atoms with Crippen LogP contribution in [-0.2, 0) is 0 Å². The van der Waals surface area contributed by atoms with E-state index in [2.05, 4.69) is 32.2 Å². The molecule has 6 heteroatoms. The molecule has 5 nitrogen and oxygen atoms in total. The van der Waals surface area contributed by atoms with Gasteiger partial charge in [0, 0.05) is 38.3 Å². The second-order valence-corrected chi connectivity index (χ2v) is 5.84. The summed E-state index contributed by atoms with van der Waals surface area (Å²) < 4.78 is 0. The largest absolute Gasteiger partial charge is 0.363 e. The average Bonchev–Trinajstić information content (AvgIpc) is 2.63. The molecule has 0 saturated carbocycles. The highest BCUT2D eigenvalue weighted by Gasteiger charge is 2.19. The summed E-state index contributed by atoms with van der Waals surface area (Å²) in [6.07, 6.45) is 0. The normalized spacial score (nSPS) is 14.7. The lowest BCUT2D eigenvalue weighted by Crippen LogP contribution is -2.51. The Hall–Kier alpha value is -2.21. The van der Waals surface area contributed by atoms with Crippen molar-refractivity contribution in [2.75, 3.05) is 37.6 Å². The molecule has 0 amide bonds. The molecule has 2 heterocycles. The van der Waals surface area contributed by atoms with Crippen LogP contribution in [0.1, 0.15) is 6.92 Å². The molecule has 1 aliphatic rings. The Morgan fingerprint density at radius 3 is 2.39 bits per heavy atom. The molecule has 0 atom stereocenters. The third-order valence-corrected chi connectivity index (χ3v) is 4.34. The van der Waals surface area contributed by atoms with E-state index < -0.39 is 0 Å². The Morgan fingerprint density at radius 1 is 1.04 bits per heavy atom. The maximum Gasteiger partial charge on any atom is 0.169 e. The summed E-state index contributed by atoms with van der Waals surface area (Å²) in [5, 5.41) is 12.8. The highest BCUT2D eigenvalue weighted by Crippen LogP contribution is 2.19. The highest BCUT2D eigenvalue weighted by molar-refractivity contribution is 7.80. The Labute approximate surface area is 142 Å². The summed E-state index contributed by atoms with van der Waals surface area (Å²) in [6.45, 7) is 6.57. The lowest BCUT2D eigenvalue weighted by molar-refractivity contribution is 0.379. The van der Waals surface area contributed by atoms with Crippen molar-refractivity contribution in [3.05, 3.63) is 42.5 Å². The number of anilines is 1. The molecule has 0 radical (unpaired) electrons. The fourth-order valence-electron chi connectivity index (χ4n) is 2.66. The van der Waals surface area contributed by atoms with E-state index in [4.69, 9.17) is 12.2 Å². The number of rotatable bonds is 3. The van der Waals surface area contributed by atoms with Crippen LogP contribution in [0, 0.1) is 0 Å². The van der Waals surface area contributed by atoms with Crippen molar-refractivity contribution < 1.29 is 0 Å². The smallest absolute Gasteiger partial charge is 0.169 e. The third kappa shape index (κ3) is 3.76. The summed E-state index contributed by atoms with van der Waals surface area (Å²) >= 11 is 5.37. The van der Waals surface area contributed by atoms with Gasteiger partial charge in [-0.25, -0.2) is 0 Å². The topological polar surface area (TPSA) is 44.3 Å². The minimum absolute atomic E-state index is 0.845. The molecule has 1 N–H and O–H groups in total. The van der Waals surface area contributed by atoms with Crippen molar-refractivity contribution in [1.29, 1.82) is 0 Å². The van der Waals surface area contributed by atoms with Crippen LogP contribution in [0.5, 0.6) is 0 Å². The van der Waals surface area contributed by atoms with Crippen LogP contribution in [0.15, 0.2) is 42.5 Å². The number of benzene rings is 1. The van der Waals surface area contributed by atoms with Gasteiger partial charge in [-0.1, -0.05) is 30.3 Å². The maximum absolute atomic E-state index is 5.37. The highest BCUT2D eigenvalue weighted by atomic mass is 32.1. The molecule has 0 unspecified atom stereocenters. The monoisotopic (exact) mass is 327 g/mol. The van der Waals surface area contributed by atoms with E-state index in [9.17, 15) is 0 Å². The van der Waals surface area contributed by atoms with Gasteiger partial charge < -0.3 is 15.1 Å². The summed E-state index contributed by atoms with van der Waals surface area (Å²) in [7, 11) is 0. The second kappa shape index (κ2) is 7.37. The van der Waals surface area contributed by atoms with Crippen LogP contribution in [0.4, 0.5) is 5.82 Å². The molecule has 1 fully saturated rings. The first kappa shape index (κ1) is 15.7. The van der Waals surface area contributed by atoms with Gasteiger partial charge in [-0.3, -0.25) is 0 Å². The van der Waals surface area contributed by atoms with E-state index in [0.29, 0.717) is 0 Å². The Bertz CT molecular complexity index is 636. The Kier molecular flexibility index (Phi) is 5.02. The summed E-state index contributed by atoms with van der Waals surface area (Å²) in [6, 6.07) is 14.2. The maximum atomic E-state index is 5.37. The molecular weight excluding hydrogens is 306 g/mol. The molecular formula is C17H21N5S. The number of nitrogens with zero attached hydrogens (tertiary/aromatic N) is 4. The summed E-state index contributed by atoms with van der Waals surface area (Å²) in [4.78, 5) is 4.47. The molecule has 1 aliphatic heterocycles. The van der Waals surface area contributed by atoms with Crippen LogP contribution in [0.3, 0.4) is 0 Å². The van der Waals surface area contributed by atoms with Crippen LogP contribution < -0.4 is 10.2 Å². The van der Waals surface area contributed by atoms with Crippen molar-refractivity contribution in [1.82, 2.24) is 20.4 Å². The molecule has 1 aromatic heterocycles. The number of hydrogen-bond acceptors (Lipinski definition) is 4. The molecule has 0 spiro atoms.